The van der Waals surface area contributed by atoms with Crippen molar-refractivity contribution < 1.29 is 5.11 Å². The molecule has 5 nitrogen and oxygen atoms in total. The summed E-state index contributed by atoms with van der Waals surface area (Å²) in [6.07, 6.45) is 3.06. The molecule has 0 spiro atoms. The van der Waals surface area contributed by atoms with Crippen LogP contribution in [-0.4, -0.2) is 71.8 Å². The maximum Gasteiger partial charge on any atom is 0.185 e. The Balaban J connectivity index is 1.83. The summed E-state index contributed by atoms with van der Waals surface area (Å²) in [6, 6.07) is 0.333. The van der Waals surface area contributed by atoms with E-state index >= 15 is 0 Å². The van der Waals surface area contributed by atoms with E-state index in [0.29, 0.717) is 6.04 Å². The predicted molar refractivity (Wildman–Crippen MR) is 93.7 cm³/mol. The van der Waals surface area contributed by atoms with Gasteiger partial charge in [0.05, 0.1) is 6.61 Å². The van der Waals surface area contributed by atoms with Gasteiger partial charge in [-0.15, -0.1) is 11.3 Å². The minimum atomic E-state index is 0.276. The maximum absolute atomic E-state index is 9.41. The topological polar surface area (TPSA) is 42.8 Å². The molecule has 126 valence electrons. The van der Waals surface area contributed by atoms with Gasteiger partial charge < -0.3 is 10.0 Å². The minimum Gasteiger partial charge on any atom is -0.395 e. The van der Waals surface area contributed by atoms with Crippen molar-refractivity contribution in [3.63, 3.8) is 0 Å². The monoisotopic (exact) mass is 326 g/mol. The van der Waals surface area contributed by atoms with Gasteiger partial charge in [0.2, 0.25) is 0 Å². The summed E-state index contributed by atoms with van der Waals surface area (Å²) in [5.74, 6) is 0. The molecule has 1 aliphatic rings. The molecular formula is C16H30N4OS. The van der Waals surface area contributed by atoms with Gasteiger partial charge in [-0.2, -0.15) is 0 Å². The number of aliphatic hydroxyl groups excluding tert-OH is 1. The number of hydrogen-bond acceptors (Lipinski definition) is 6. The summed E-state index contributed by atoms with van der Waals surface area (Å²) in [5.41, 5.74) is 0. The summed E-state index contributed by atoms with van der Waals surface area (Å²) in [7, 11) is 0. The fourth-order valence-electron chi connectivity index (χ4n) is 3.02. The highest BCUT2D eigenvalue weighted by atomic mass is 32.1. The van der Waals surface area contributed by atoms with Crippen molar-refractivity contribution >= 4 is 16.5 Å². The summed E-state index contributed by atoms with van der Waals surface area (Å²) < 4.78 is 0. The predicted octanol–water partition coefficient (Wildman–Crippen LogP) is 1.88. The molecular weight excluding hydrogens is 296 g/mol. The second kappa shape index (κ2) is 8.82. The van der Waals surface area contributed by atoms with Gasteiger partial charge in [-0.1, -0.05) is 6.92 Å². The van der Waals surface area contributed by atoms with Crippen molar-refractivity contribution in [3.8, 4) is 0 Å². The van der Waals surface area contributed by atoms with Crippen molar-refractivity contribution in [1.82, 2.24) is 14.8 Å². The van der Waals surface area contributed by atoms with Crippen LogP contribution in [0.15, 0.2) is 6.20 Å². The molecule has 0 aliphatic carbocycles. The Morgan fingerprint density at radius 2 is 1.91 bits per heavy atom. The first-order valence-corrected chi connectivity index (χ1v) is 9.30. The highest BCUT2D eigenvalue weighted by molar-refractivity contribution is 7.15. The van der Waals surface area contributed by atoms with E-state index in [0.717, 1.165) is 57.4 Å². The molecule has 22 heavy (non-hydrogen) atoms. The Bertz CT molecular complexity index is 424. The number of piperazine rings is 1. The molecule has 0 radical (unpaired) electrons. The molecule has 2 heterocycles. The van der Waals surface area contributed by atoms with Gasteiger partial charge in [-0.3, -0.25) is 9.80 Å². The number of hydrogen-bond donors (Lipinski definition) is 1. The number of nitrogens with zero attached hydrogens (tertiary/aromatic N) is 4. The Morgan fingerprint density at radius 1 is 1.23 bits per heavy atom. The lowest BCUT2D eigenvalue weighted by molar-refractivity contribution is 0.0612. The van der Waals surface area contributed by atoms with Gasteiger partial charge in [0.15, 0.2) is 5.13 Å². The van der Waals surface area contributed by atoms with Crippen molar-refractivity contribution in [1.29, 1.82) is 0 Å². The van der Waals surface area contributed by atoms with E-state index in [4.69, 9.17) is 0 Å². The summed E-state index contributed by atoms with van der Waals surface area (Å²) >= 11 is 1.82. The first-order chi connectivity index (χ1) is 10.7. The molecule has 1 aromatic heterocycles. The van der Waals surface area contributed by atoms with Gasteiger partial charge in [0.1, 0.15) is 0 Å². The summed E-state index contributed by atoms with van der Waals surface area (Å²) in [4.78, 5) is 13.1. The van der Waals surface area contributed by atoms with Crippen LogP contribution in [-0.2, 0) is 6.54 Å². The van der Waals surface area contributed by atoms with Crippen LogP contribution < -0.4 is 4.90 Å². The molecule has 2 rings (SSSR count). The molecule has 0 saturated carbocycles. The summed E-state index contributed by atoms with van der Waals surface area (Å²) in [5, 5.41) is 10.6. The van der Waals surface area contributed by atoms with E-state index in [2.05, 4.69) is 40.5 Å². The van der Waals surface area contributed by atoms with Crippen molar-refractivity contribution in [2.45, 2.75) is 39.8 Å². The lowest BCUT2D eigenvalue weighted by Crippen LogP contribution is -2.50. The zero-order chi connectivity index (χ0) is 15.9. The van der Waals surface area contributed by atoms with Crippen LogP contribution in [0.4, 0.5) is 5.13 Å². The molecule has 1 saturated heterocycles. The molecule has 1 aromatic rings. The van der Waals surface area contributed by atoms with Crippen LogP contribution in [0.5, 0.6) is 0 Å². The number of anilines is 1. The number of aromatic nitrogens is 1. The van der Waals surface area contributed by atoms with E-state index in [1.807, 2.05) is 17.5 Å². The highest BCUT2D eigenvalue weighted by Gasteiger charge is 2.22. The second-order valence-corrected chi connectivity index (χ2v) is 6.93. The molecule has 1 fully saturated rings. The van der Waals surface area contributed by atoms with Gasteiger partial charge in [0.25, 0.3) is 0 Å². The Kier molecular flexibility index (Phi) is 7.08. The Morgan fingerprint density at radius 3 is 2.45 bits per heavy atom. The second-order valence-electron chi connectivity index (χ2n) is 5.84. The molecule has 1 N–H and O–H groups in total. The highest BCUT2D eigenvalue weighted by Crippen LogP contribution is 2.24. The molecule has 1 aliphatic heterocycles. The lowest BCUT2D eigenvalue weighted by Gasteiger charge is -2.38. The van der Waals surface area contributed by atoms with Gasteiger partial charge in [0, 0.05) is 62.9 Å². The molecule has 1 unspecified atom stereocenters. The van der Waals surface area contributed by atoms with E-state index in [1.165, 1.54) is 4.88 Å². The first kappa shape index (κ1) is 17.7. The van der Waals surface area contributed by atoms with Crippen LogP contribution in [0.3, 0.4) is 0 Å². The van der Waals surface area contributed by atoms with Crippen LogP contribution in [0, 0.1) is 0 Å². The fourth-order valence-corrected chi connectivity index (χ4v) is 4.10. The van der Waals surface area contributed by atoms with E-state index in [9.17, 15) is 5.11 Å². The summed E-state index contributed by atoms with van der Waals surface area (Å²) in [6.45, 7) is 14.1. The zero-order valence-corrected chi connectivity index (χ0v) is 15.0. The number of rotatable bonds is 8. The Hall–Kier alpha value is -0.690. The number of aliphatic hydroxyl groups is 1. The van der Waals surface area contributed by atoms with E-state index < -0.39 is 0 Å². The van der Waals surface area contributed by atoms with Crippen LogP contribution >= 0.6 is 11.3 Å². The first-order valence-electron chi connectivity index (χ1n) is 8.48. The molecule has 0 bridgehead atoms. The van der Waals surface area contributed by atoms with E-state index in [1.54, 1.807) is 0 Å². The smallest absolute Gasteiger partial charge is 0.185 e. The standard InChI is InChI=1S/C16H30N4OS/c1-4-14(13-21)20-9-7-18(8-10-20)12-15-11-17-16(22-15)19(5-2)6-3/h11,14,21H,4-10,12-13H2,1-3H3. The van der Waals surface area contributed by atoms with Crippen LogP contribution in [0.2, 0.25) is 0 Å². The SMILES string of the molecule is CCC(CO)N1CCN(Cc2cnc(N(CC)CC)s2)CC1. The third-order valence-electron chi connectivity index (χ3n) is 4.56. The zero-order valence-electron chi connectivity index (χ0n) is 14.2. The third kappa shape index (κ3) is 4.41. The Labute approximate surface area is 138 Å². The van der Waals surface area contributed by atoms with E-state index in [-0.39, 0.29) is 6.61 Å². The third-order valence-corrected chi connectivity index (χ3v) is 5.60. The largest absolute Gasteiger partial charge is 0.395 e. The lowest BCUT2D eigenvalue weighted by atomic mass is 10.1. The van der Waals surface area contributed by atoms with Crippen molar-refractivity contribution in [2.24, 2.45) is 0 Å². The molecule has 6 heteroatoms. The maximum atomic E-state index is 9.41. The average Bonchev–Trinajstić information content (AvgIpc) is 3.00. The van der Waals surface area contributed by atoms with Crippen LogP contribution in [0.25, 0.3) is 0 Å². The average molecular weight is 327 g/mol. The van der Waals surface area contributed by atoms with Gasteiger partial charge in [-0.05, 0) is 20.3 Å². The molecule has 0 aromatic carbocycles. The normalized spacial score (nSPS) is 18.5. The van der Waals surface area contributed by atoms with Gasteiger partial charge in [-0.25, -0.2) is 4.98 Å². The van der Waals surface area contributed by atoms with Crippen molar-refractivity contribution in [3.05, 3.63) is 11.1 Å². The fraction of sp³-hybridized carbons (Fsp3) is 0.812. The quantitative estimate of drug-likeness (QED) is 0.790. The van der Waals surface area contributed by atoms with Crippen LogP contribution in [0.1, 0.15) is 32.1 Å². The number of thiazole rings is 1. The van der Waals surface area contributed by atoms with Crippen molar-refractivity contribution in [2.75, 3.05) is 50.8 Å². The molecule has 0 amide bonds. The molecule has 1 atom stereocenters. The van der Waals surface area contributed by atoms with Gasteiger partial charge >= 0.3 is 0 Å². The minimum absolute atomic E-state index is 0.276.